The fourth-order valence-corrected chi connectivity index (χ4v) is 2.98. The molecule has 0 spiro atoms. The summed E-state index contributed by atoms with van der Waals surface area (Å²) < 4.78 is 52.1. The van der Waals surface area contributed by atoms with Crippen molar-refractivity contribution < 1.29 is 17.6 Å². The third-order valence-electron chi connectivity index (χ3n) is 3.67. The number of benzene rings is 1. The highest BCUT2D eigenvalue weighted by molar-refractivity contribution is 9.10. The van der Waals surface area contributed by atoms with Crippen molar-refractivity contribution in [1.29, 1.82) is 0 Å². The zero-order chi connectivity index (χ0) is 14.8. The summed E-state index contributed by atoms with van der Waals surface area (Å²) in [5.74, 6) is -1.55. The number of piperidine rings is 1. The first-order chi connectivity index (χ1) is 9.36. The summed E-state index contributed by atoms with van der Waals surface area (Å²) in [5.41, 5.74) is 0.791. The van der Waals surface area contributed by atoms with Crippen LogP contribution in [0.4, 0.5) is 17.6 Å². The van der Waals surface area contributed by atoms with Gasteiger partial charge in [-0.05, 0) is 49.6 Å². The molecule has 1 unspecified atom stereocenters. The highest BCUT2D eigenvalue weighted by Crippen LogP contribution is 2.33. The standard InChI is InChI=1S/C14H16BrF4N/c15-13-4-3-12(16)8-10(13)5-7-20-6-1-2-11(9-20)14(17,18)19/h3-4,8,11H,1-2,5-7,9H2. The van der Waals surface area contributed by atoms with Crippen molar-refractivity contribution >= 4 is 15.9 Å². The quantitative estimate of drug-likeness (QED) is 0.727. The fourth-order valence-electron chi connectivity index (χ4n) is 2.54. The van der Waals surface area contributed by atoms with Gasteiger partial charge in [0.15, 0.2) is 0 Å². The van der Waals surface area contributed by atoms with Crippen LogP contribution in [0.15, 0.2) is 22.7 Å². The maximum absolute atomic E-state index is 13.1. The van der Waals surface area contributed by atoms with E-state index >= 15 is 0 Å². The minimum absolute atomic E-state index is 0.0520. The van der Waals surface area contributed by atoms with Gasteiger partial charge < -0.3 is 4.90 Å². The van der Waals surface area contributed by atoms with Gasteiger partial charge in [-0.2, -0.15) is 13.2 Å². The van der Waals surface area contributed by atoms with Gasteiger partial charge in [-0.15, -0.1) is 0 Å². The molecule has 0 bridgehead atoms. The first-order valence-electron chi connectivity index (χ1n) is 6.59. The van der Waals surface area contributed by atoms with Gasteiger partial charge in [-0.3, -0.25) is 0 Å². The van der Waals surface area contributed by atoms with Gasteiger partial charge in [0.25, 0.3) is 0 Å². The molecule has 0 aromatic heterocycles. The minimum Gasteiger partial charge on any atom is -0.302 e. The molecule has 112 valence electrons. The van der Waals surface area contributed by atoms with Crippen molar-refractivity contribution in [2.24, 2.45) is 5.92 Å². The third kappa shape index (κ3) is 4.19. The van der Waals surface area contributed by atoms with E-state index in [0.29, 0.717) is 25.9 Å². The Kier molecular flexibility index (Phi) is 5.07. The van der Waals surface area contributed by atoms with E-state index in [2.05, 4.69) is 15.9 Å². The lowest BCUT2D eigenvalue weighted by Crippen LogP contribution is -2.42. The SMILES string of the molecule is Fc1ccc(Br)c(CCN2CCCC(C(F)(F)F)C2)c1. The van der Waals surface area contributed by atoms with Crippen LogP contribution in [0, 0.1) is 11.7 Å². The lowest BCUT2D eigenvalue weighted by molar-refractivity contribution is -0.186. The van der Waals surface area contributed by atoms with Crippen LogP contribution in [-0.4, -0.2) is 30.7 Å². The molecule has 0 N–H and O–H groups in total. The topological polar surface area (TPSA) is 3.24 Å². The lowest BCUT2D eigenvalue weighted by Gasteiger charge is -2.33. The molecule has 1 aromatic rings. The number of likely N-dealkylation sites (tertiary alicyclic amines) is 1. The number of rotatable bonds is 3. The molecule has 1 aromatic carbocycles. The van der Waals surface area contributed by atoms with Crippen molar-refractivity contribution in [3.63, 3.8) is 0 Å². The summed E-state index contributed by atoms with van der Waals surface area (Å²) in [6.07, 6.45) is -2.79. The Bertz CT molecular complexity index is 461. The Morgan fingerprint density at radius 1 is 1.30 bits per heavy atom. The summed E-state index contributed by atoms with van der Waals surface area (Å²) >= 11 is 3.33. The van der Waals surface area contributed by atoms with Gasteiger partial charge in [0.05, 0.1) is 5.92 Å². The van der Waals surface area contributed by atoms with Crippen LogP contribution in [0.3, 0.4) is 0 Å². The van der Waals surface area contributed by atoms with Gasteiger partial charge in [0.1, 0.15) is 5.82 Å². The Morgan fingerprint density at radius 3 is 2.75 bits per heavy atom. The van der Waals surface area contributed by atoms with E-state index in [0.717, 1.165) is 10.0 Å². The first kappa shape index (κ1) is 15.8. The molecule has 1 saturated heterocycles. The van der Waals surface area contributed by atoms with E-state index in [-0.39, 0.29) is 18.8 Å². The highest BCUT2D eigenvalue weighted by Gasteiger charge is 2.41. The summed E-state index contributed by atoms with van der Waals surface area (Å²) in [6.45, 7) is 1.25. The summed E-state index contributed by atoms with van der Waals surface area (Å²) in [5, 5.41) is 0. The smallest absolute Gasteiger partial charge is 0.302 e. The molecular formula is C14H16BrF4N. The van der Waals surface area contributed by atoms with Crippen molar-refractivity contribution in [3.8, 4) is 0 Å². The van der Waals surface area contributed by atoms with Crippen molar-refractivity contribution in [2.45, 2.75) is 25.4 Å². The number of hydrogen-bond acceptors (Lipinski definition) is 1. The zero-order valence-corrected chi connectivity index (χ0v) is 12.5. The first-order valence-corrected chi connectivity index (χ1v) is 7.38. The predicted molar refractivity (Wildman–Crippen MR) is 73.0 cm³/mol. The van der Waals surface area contributed by atoms with Gasteiger partial charge in [-0.1, -0.05) is 15.9 Å². The average molecular weight is 354 g/mol. The molecular weight excluding hydrogens is 338 g/mol. The number of alkyl halides is 3. The normalized spacial score (nSPS) is 21.1. The summed E-state index contributed by atoms with van der Waals surface area (Å²) in [7, 11) is 0. The molecule has 1 nitrogen and oxygen atoms in total. The number of halogens is 5. The second kappa shape index (κ2) is 6.43. The van der Waals surface area contributed by atoms with E-state index < -0.39 is 12.1 Å². The van der Waals surface area contributed by atoms with Crippen LogP contribution in [-0.2, 0) is 6.42 Å². The van der Waals surface area contributed by atoms with Gasteiger partial charge in [-0.25, -0.2) is 4.39 Å². The molecule has 0 saturated carbocycles. The average Bonchev–Trinajstić information content (AvgIpc) is 2.39. The minimum atomic E-state index is -4.11. The maximum Gasteiger partial charge on any atom is 0.393 e. The summed E-state index contributed by atoms with van der Waals surface area (Å²) in [6, 6.07) is 4.41. The second-order valence-electron chi connectivity index (χ2n) is 5.17. The molecule has 1 fully saturated rings. The van der Waals surface area contributed by atoms with Gasteiger partial charge in [0, 0.05) is 17.6 Å². The van der Waals surface area contributed by atoms with E-state index in [1.807, 2.05) is 4.90 Å². The van der Waals surface area contributed by atoms with E-state index in [1.165, 1.54) is 12.1 Å². The molecule has 0 aliphatic carbocycles. The molecule has 20 heavy (non-hydrogen) atoms. The van der Waals surface area contributed by atoms with Crippen LogP contribution in [0.25, 0.3) is 0 Å². The predicted octanol–water partition coefficient (Wildman–Crippen LogP) is 4.41. The van der Waals surface area contributed by atoms with E-state index in [9.17, 15) is 17.6 Å². The van der Waals surface area contributed by atoms with Crippen LogP contribution in [0.1, 0.15) is 18.4 Å². The molecule has 1 aliphatic rings. The van der Waals surface area contributed by atoms with Gasteiger partial charge >= 0.3 is 6.18 Å². The highest BCUT2D eigenvalue weighted by atomic mass is 79.9. The van der Waals surface area contributed by atoms with Crippen molar-refractivity contribution in [2.75, 3.05) is 19.6 Å². The van der Waals surface area contributed by atoms with Gasteiger partial charge in [0.2, 0.25) is 0 Å². The summed E-state index contributed by atoms with van der Waals surface area (Å²) in [4.78, 5) is 1.82. The molecule has 1 heterocycles. The Morgan fingerprint density at radius 2 is 2.05 bits per heavy atom. The molecule has 1 aliphatic heterocycles. The molecule has 6 heteroatoms. The van der Waals surface area contributed by atoms with Crippen LogP contribution >= 0.6 is 15.9 Å². The largest absolute Gasteiger partial charge is 0.393 e. The third-order valence-corrected chi connectivity index (χ3v) is 4.45. The molecule has 2 rings (SSSR count). The second-order valence-corrected chi connectivity index (χ2v) is 6.02. The number of hydrogen-bond donors (Lipinski definition) is 0. The monoisotopic (exact) mass is 353 g/mol. The van der Waals surface area contributed by atoms with Crippen molar-refractivity contribution in [3.05, 3.63) is 34.1 Å². The Labute approximate surface area is 124 Å². The molecule has 1 atom stereocenters. The van der Waals surface area contributed by atoms with Crippen LogP contribution in [0.2, 0.25) is 0 Å². The zero-order valence-electron chi connectivity index (χ0n) is 10.9. The van der Waals surface area contributed by atoms with Crippen molar-refractivity contribution in [1.82, 2.24) is 4.90 Å². The Balaban J connectivity index is 1.92. The van der Waals surface area contributed by atoms with E-state index in [1.54, 1.807) is 6.07 Å². The van der Waals surface area contributed by atoms with Crippen LogP contribution in [0.5, 0.6) is 0 Å². The molecule has 0 radical (unpaired) electrons. The van der Waals surface area contributed by atoms with E-state index in [4.69, 9.17) is 0 Å². The lowest BCUT2D eigenvalue weighted by atomic mass is 9.97. The molecule has 0 amide bonds. The maximum atomic E-state index is 13.1. The fraction of sp³-hybridized carbons (Fsp3) is 0.571. The van der Waals surface area contributed by atoms with Crippen LogP contribution < -0.4 is 0 Å². The Hall–Kier alpha value is -0.620. The number of nitrogens with zero attached hydrogens (tertiary/aromatic N) is 1.